The monoisotopic (exact) mass is 449 g/mol. The van der Waals surface area contributed by atoms with E-state index in [0.29, 0.717) is 21.8 Å². The lowest BCUT2D eigenvalue weighted by Gasteiger charge is -2.05. The van der Waals surface area contributed by atoms with E-state index in [2.05, 4.69) is 29.9 Å². The number of carbonyl (C=O) groups is 1. The normalized spacial score (nSPS) is 11.2. The molecule has 10 heteroatoms. The van der Waals surface area contributed by atoms with Gasteiger partial charge in [0.2, 0.25) is 10.9 Å². The molecule has 2 aromatic carbocycles. The first kappa shape index (κ1) is 19.4. The van der Waals surface area contributed by atoms with Crippen LogP contribution < -0.4 is 5.32 Å². The molecule has 0 aliphatic carbocycles. The third-order valence-electron chi connectivity index (χ3n) is 4.85. The van der Waals surface area contributed by atoms with Crippen molar-refractivity contribution in [1.82, 2.24) is 29.1 Å². The number of ketones is 1. The third kappa shape index (κ3) is 3.80. The van der Waals surface area contributed by atoms with Crippen LogP contribution in [0.1, 0.15) is 16.2 Å². The van der Waals surface area contributed by atoms with Gasteiger partial charge in [-0.1, -0.05) is 29.8 Å². The maximum atomic E-state index is 12.5. The number of imidazole rings is 1. The average molecular weight is 450 g/mol. The second-order valence-electron chi connectivity index (χ2n) is 6.97. The number of anilines is 2. The Hall–Kier alpha value is -3.56. The van der Waals surface area contributed by atoms with Crippen LogP contribution >= 0.6 is 23.1 Å². The molecular formula is C21H16ClN7OS. The molecule has 3 aromatic heterocycles. The number of halogens is 1. The number of aromatic amines is 1. The Labute approximate surface area is 186 Å². The molecule has 0 atom stereocenters. The Balaban J connectivity index is 1.36. The van der Waals surface area contributed by atoms with Crippen LogP contribution in [0.4, 0.5) is 10.8 Å². The van der Waals surface area contributed by atoms with Crippen molar-refractivity contribution >= 4 is 50.6 Å². The number of hydrogen-bond acceptors (Lipinski definition) is 7. The molecule has 154 valence electrons. The third-order valence-corrected chi connectivity index (χ3v) is 5.88. The van der Waals surface area contributed by atoms with E-state index in [9.17, 15) is 4.79 Å². The smallest absolute Gasteiger partial charge is 0.207 e. The molecule has 2 N–H and O–H groups in total. The molecule has 8 nitrogen and oxygen atoms in total. The average Bonchev–Trinajstić information content (AvgIpc) is 3.51. The first-order chi connectivity index (χ1) is 15.1. The van der Waals surface area contributed by atoms with Crippen molar-refractivity contribution in [3.8, 4) is 11.4 Å². The quantitative estimate of drug-likeness (QED) is 0.366. The maximum absolute atomic E-state index is 12.5. The van der Waals surface area contributed by atoms with E-state index in [4.69, 9.17) is 11.6 Å². The van der Waals surface area contributed by atoms with Gasteiger partial charge in [-0.2, -0.15) is 14.5 Å². The molecule has 5 aromatic rings. The van der Waals surface area contributed by atoms with Crippen molar-refractivity contribution in [1.29, 1.82) is 0 Å². The zero-order valence-corrected chi connectivity index (χ0v) is 17.9. The molecule has 0 saturated carbocycles. The van der Waals surface area contributed by atoms with Crippen molar-refractivity contribution in [3.63, 3.8) is 0 Å². The fraction of sp³-hybridized carbons (Fsp3) is 0.0952. The van der Waals surface area contributed by atoms with Gasteiger partial charge in [0.05, 0.1) is 22.4 Å². The molecule has 0 fully saturated rings. The summed E-state index contributed by atoms with van der Waals surface area (Å²) < 4.78 is 6.17. The van der Waals surface area contributed by atoms with Gasteiger partial charge >= 0.3 is 0 Å². The van der Waals surface area contributed by atoms with Crippen molar-refractivity contribution < 1.29 is 4.79 Å². The number of fused-ring (bicyclic) bond motifs is 1. The summed E-state index contributed by atoms with van der Waals surface area (Å²) in [4.78, 5) is 21.2. The van der Waals surface area contributed by atoms with E-state index in [1.54, 1.807) is 30.2 Å². The number of Topliss-reactive ketones (excluding diaryl/α,β-unsaturated/α-hetero) is 1. The Morgan fingerprint density at radius 1 is 1.29 bits per heavy atom. The van der Waals surface area contributed by atoms with Crippen LogP contribution in [-0.4, -0.2) is 34.9 Å². The highest BCUT2D eigenvalue weighted by Gasteiger charge is 2.14. The standard InChI is InChI=1S/C21H16ClN7OS/c1-29-8-7-23-20(29)17(30)10-12-3-2-4-13(9-12)19-26-21(31-28-19)25-16-6-5-15-14(18(16)22)11-24-27-15/h2-9,11H,10H2,1H3,(H,24,27)(H,25,26,28). The minimum Gasteiger partial charge on any atom is -0.332 e. The lowest BCUT2D eigenvalue weighted by atomic mass is 10.1. The number of aryl methyl sites for hydroxylation is 1. The molecule has 0 unspecified atom stereocenters. The van der Waals surface area contributed by atoms with E-state index < -0.39 is 0 Å². The van der Waals surface area contributed by atoms with E-state index in [1.807, 2.05) is 36.4 Å². The van der Waals surface area contributed by atoms with E-state index in [-0.39, 0.29) is 12.2 Å². The molecule has 3 heterocycles. The number of H-pyrrole nitrogens is 1. The van der Waals surface area contributed by atoms with Gasteiger partial charge in [0, 0.05) is 48.3 Å². The first-order valence-electron chi connectivity index (χ1n) is 9.40. The summed E-state index contributed by atoms with van der Waals surface area (Å²) in [7, 11) is 1.81. The van der Waals surface area contributed by atoms with Crippen molar-refractivity contribution in [3.05, 3.63) is 71.4 Å². The molecule has 0 radical (unpaired) electrons. The van der Waals surface area contributed by atoms with Crippen LogP contribution in [0.5, 0.6) is 0 Å². The van der Waals surface area contributed by atoms with Crippen LogP contribution in [0.25, 0.3) is 22.3 Å². The number of carbonyl (C=O) groups excluding carboxylic acids is 1. The van der Waals surface area contributed by atoms with Gasteiger partial charge in [0.1, 0.15) is 0 Å². The fourth-order valence-corrected chi connectivity index (χ4v) is 4.17. The van der Waals surface area contributed by atoms with Gasteiger partial charge in [0.25, 0.3) is 0 Å². The van der Waals surface area contributed by atoms with Gasteiger partial charge < -0.3 is 9.88 Å². The largest absolute Gasteiger partial charge is 0.332 e. The van der Waals surface area contributed by atoms with Crippen LogP contribution in [0.15, 0.2) is 55.0 Å². The van der Waals surface area contributed by atoms with Crippen molar-refractivity contribution in [2.45, 2.75) is 6.42 Å². The number of hydrogen-bond donors (Lipinski definition) is 2. The van der Waals surface area contributed by atoms with Crippen LogP contribution in [-0.2, 0) is 13.5 Å². The lowest BCUT2D eigenvalue weighted by Crippen LogP contribution is -2.10. The van der Waals surface area contributed by atoms with Gasteiger partial charge in [0.15, 0.2) is 11.6 Å². The summed E-state index contributed by atoms with van der Waals surface area (Å²) >= 11 is 7.71. The van der Waals surface area contributed by atoms with Crippen LogP contribution in [0.2, 0.25) is 5.02 Å². The van der Waals surface area contributed by atoms with E-state index in [0.717, 1.165) is 27.7 Å². The zero-order chi connectivity index (χ0) is 21.4. The lowest BCUT2D eigenvalue weighted by molar-refractivity contribution is 0.0980. The number of nitrogens with one attached hydrogen (secondary N) is 2. The maximum Gasteiger partial charge on any atom is 0.207 e. The SMILES string of the molecule is Cn1ccnc1C(=O)Cc1cccc(-c2nsc(Nc3ccc4[nH]ncc4c3Cl)n2)c1. The summed E-state index contributed by atoms with van der Waals surface area (Å²) in [5.41, 5.74) is 3.31. The van der Waals surface area contributed by atoms with Gasteiger partial charge in [-0.3, -0.25) is 9.89 Å². The highest BCUT2D eigenvalue weighted by molar-refractivity contribution is 7.10. The molecule has 5 rings (SSSR count). The second kappa shape index (κ2) is 7.93. The fourth-order valence-electron chi connectivity index (χ4n) is 3.31. The summed E-state index contributed by atoms with van der Waals surface area (Å²) in [5, 5.41) is 12.1. The summed E-state index contributed by atoms with van der Waals surface area (Å²) in [6.45, 7) is 0. The van der Waals surface area contributed by atoms with Crippen LogP contribution in [0, 0.1) is 0 Å². The zero-order valence-electron chi connectivity index (χ0n) is 16.3. The Bertz CT molecular complexity index is 1400. The predicted octanol–water partition coefficient (Wildman–Crippen LogP) is 4.64. The molecule has 0 aliphatic rings. The predicted molar refractivity (Wildman–Crippen MR) is 121 cm³/mol. The minimum absolute atomic E-state index is 0.0393. The molecule has 31 heavy (non-hydrogen) atoms. The summed E-state index contributed by atoms with van der Waals surface area (Å²) in [6, 6.07) is 11.4. The molecule has 0 aliphatic heterocycles. The molecular weight excluding hydrogens is 434 g/mol. The first-order valence-corrected chi connectivity index (χ1v) is 10.6. The molecule has 0 bridgehead atoms. The number of benzene rings is 2. The second-order valence-corrected chi connectivity index (χ2v) is 8.10. The molecule has 0 saturated heterocycles. The summed E-state index contributed by atoms with van der Waals surface area (Å²) in [5.74, 6) is 0.983. The number of rotatable bonds is 6. The molecule has 0 amide bonds. The van der Waals surface area contributed by atoms with Gasteiger partial charge in [-0.05, 0) is 23.8 Å². The topological polar surface area (TPSA) is 101 Å². The molecule has 0 spiro atoms. The Kier molecular flexibility index (Phi) is 4.97. The highest BCUT2D eigenvalue weighted by atomic mass is 35.5. The van der Waals surface area contributed by atoms with Crippen molar-refractivity contribution in [2.24, 2.45) is 7.05 Å². The van der Waals surface area contributed by atoms with Crippen molar-refractivity contribution in [2.75, 3.05) is 5.32 Å². The highest BCUT2D eigenvalue weighted by Crippen LogP contribution is 2.33. The number of nitrogens with zero attached hydrogens (tertiary/aromatic N) is 5. The number of aromatic nitrogens is 6. The van der Waals surface area contributed by atoms with Crippen LogP contribution in [0.3, 0.4) is 0 Å². The van der Waals surface area contributed by atoms with E-state index >= 15 is 0 Å². The van der Waals surface area contributed by atoms with Gasteiger partial charge in [-0.15, -0.1) is 0 Å². The minimum atomic E-state index is -0.0393. The van der Waals surface area contributed by atoms with E-state index in [1.165, 1.54) is 11.5 Å². The summed E-state index contributed by atoms with van der Waals surface area (Å²) in [6.07, 6.45) is 5.32. The Morgan fingerprint density at radius 2 is 2.19 bits per heavy atom. The van der Waals surface area contributed by atoms with Gasteiger partial charge in [-0.25, -0.2) is 4.98 Å². The Morgan fingerprint density at radius 3 is 3.03 bits per heavy atom.